The molecule has 2 aromatic rings. The fraction of sp³-hybridized carbons (Fsp3) is 0.500. The van der Waals surface area contributed by atoms with E-state index in [1.165, 1.54) is 17.1 Å². The van der Waals surface area contributed by atoms with Gasteiger partial charge < -0.3 is 40.3 Å². The molecule has 1 saturated heterocycles. The maximum Gasteiger partial charge on any atom is 0.490 e. The number of nitrogens with zero attached hydrogens (tertiary/aromatic N) is 4. The minimum absolute atomic E-state index is 0.105. The Morgan fingerprint density at radius 3 is 2.39 bits per heavy atom. The number of phosphoric acid groups is 3. The molecule has 174 valence electrons. The van der Waals surface area contributed by atoms with Crippen molar-refractivity contribution in [3.05, 3.63) is 12.5 Å². The second-order valence-electron chi connectivity index (χ2n) is 6.02. The molecule has 0 spiro atoms. The van der Waals surface area contributed by atoms with Gasteiger partial charge in [0.25, 0.3) is 0 Å². The minimum Gasteiger partial charge on any atom is -0.387 e. The third kappa shape index (κ3) is 5.91. The number of nitrogen functional groups attached to an aromatic ring is 1. The summed E-state index contributed by atoms with van der Waals surface area (Å²) in [6.07, 6.45) is -3.49. The Morgan fingerprint density at radius 1 is 1.06 bits per heavy atom. The van der Waals surface area contributed by atoms with Crippen LogP contribution in [-0.2, 0) is 31.6 Å². The van der Waals surface area contributed by atoms with E-state index in [4.69, 9.17) is 25.2 Å². The highest BCUT2D eigenvalue weighted by Gasteiger charge is 2.46. The number of anilines is 1. The van der Waals surface area contributed by atoms with Gasteiger partial charge in [-0.2, -0.15) is 13.6 Å². The van der Waals surface area contributed by atoms with Gasteiger partial charge >= 0.3 is 23.5 Å². The molecule has 0 amide bonds. The number of aromatic nitrogens is 4. The SMILES string of the molecule is Nc1ncc2ncn([C@@H]3O[C@H](COP(=O)(O)OP(=O)(O)OP(=O)(O)O)C(O)[C@@H]3O)c2n1. The number of aliphatic hydroxyl groups is 2. The van der Waals surface area contributed by atoms with Gasteiger partial charge in [0.1, 0.15) is 23.8 Å². The second-order valence-corrected chi connectivity index (χ2v) is 10.4. The molecule has 0 saturated carbocycles. The number of hydrogen-bond acceptors (Lipinski definition) is 13. The molecule has 1 aliphatic rings. The number of aliphatic hydroxyl groups excluding tert-OH is 2. The highest BCUT2D eigenvalue weighted by atomic mass is 31.3. The van der Waals surface area contributed by atoms with Gasteiger partial charge in [0.15, 0.2) is 11.9 Å². The fourth-order valence-corrected chi connectivity index (χ4v) is 5.62. The Hall–Kier alpha value is -1.36. The average molecular weight is 507 g/mol. The summed E-state index contributed by atoms with van der Waals surface area (Å²) in [6.45, 7) is -0.956. The van der Waals surface area contributed by atoms with E-state index in [-0.39, 0.29) is 17.1 Å². The molecule has 6 atom stereocenters. The Morgan fingerprint density at radius 2 is 1.74 bits per heavy atom. The van der Waals surface area contributed by atoms with Crippen molar-refractivity contribution in [2.75, 3.05) is 12.3 Å². The lowest BCUT2D eigenvalue weighted by atomic mass is 10.1. The lowest BCUT2D eigenvalue weighted by Gasteiger charge is -2.19. The van der Waals surface area contributed by atoms with E-state index in [1.807, 2.05) is 0 Å². The summed E-state index contributed by atoms with van der Waals surface area (Å²) in [7, 11) is -16.7. The van der Waals surface area contributed by atoms with Gasteiger partial charge in [0, 0.05) is 0 Å². The van der Waals surface area contributed by atoms with Gasteiger partial charge in [0.05, 0.1) is 19.1 Å². The lowest BCUT2D eigenvalue weighted by molar-refractivity contribution is -0.0503. The van der Waals surface area contributed by atoms with Crippen LogP contribution in [0.2, 0.25) is 0 Å². The van der Waals surface area contributed by atoms with Crippen LogP contribution >= 0.6 is 23.5 Å². The van der Waals surface area contributed by atoms with Gasteiger partial charge in [-0.05, 0) is 0 Å². The van der Waals surface area contributed by atoms with Crippen molar-refractivity contribution in [1.29, 1.82) is 0 Å². The maximum atomic E-state index is 11.8. The van der Waals surface area contributed by atoms with E-state index in [1.54, 1.807) is 0 Å². The first-order valence-electron chi connectivity index (χ1n) is 7.92. The van der Waals surface area contributed by atoms with Crippen molar-refractivity contribution in [3.8, 4) is 0 Å². The Balaban J connectivity index is 1.69. The Labute approximate surface area is 171 Å². The molecule has 0 bridgehead atoms. The van der Waals surface area contributed by atoms with Crippen molar-refractivity contribution in [2.24, 2.45) is 0 Å². The smallest absolute Gasteiger partial charge is 0.387 e. The third-order valence-electron chi connectivity index (χ3n) is 3.76. The van der Waals surface area contributed by atoms with E-state index in [0.717, 1.165) is 0 Å². The Bertz CT molecular complexity index is 1100. The number of hydrogen-bond donors (Lipinski definition) is 7. The van der Waals surface area contributed by atoms with Crippen LogP contribution in [-0.4, -0.2) is 74.2 Å². The van der Waals surface area contributed by atoms with Crippen LogP contribution in [0.15, 0.2) is 12.5 Å². The Kier molecular flexibility index (Phi) is 6.68. The monoisotopic (exact) mass is 507 g/mol. The maximum absolute atomic E-state index is 11.8. The molecule has 1 fully saturated rings. The summed E-state index contributed by atoms with van der Waals surface area (Å²) in [5.74, 6) is -0.105. The van der Waals surface area contributed by atoms with Crippen molar-refractivity contribution >= 4 is 40.6 Å². The van der Waals surface area contributed by atoms with Gasteiger partial charge in [0.2, 0.25) is 5.95 Å². The average Bonchev–Trinajstić information content (AvgIpc) is 3.11. The van der Waals surface area contributed by atoms with E-state index < -0.39 is 54.6 Å². The molecule has 21 heteroatoms. The molecule has 1 aliphatic heterocycles. The fourth-order valence-electron chi connectivity index (χ4n) is 2.59. The first kappa shape index (κ1) is 24.3. The standard InChI is InChI=1S/C10H16N5O13P3/c11-10-12-1-4-8(14-10)15(3-13-4)9-7(17)6(16)5(26-9)2-25-30(21,22)28-31(23,24)27-29(18,19)20/h1,3,5-7,9,16-17H,2H2,(H,21,22)(H,23,24)(H2,11,12,14)(H2,18,19,20)/t5-,6?,7+,9-/m1/s1. The molecule has 0 radical (unpaired) electrons. The van der Waals surface area contributed by atoms with Crippen LogP contribution < -0.4 is 5.73 Å². The summed E-state index contributed by atoms with van der Waals surface area (Å²) >= 11 is 0. The third-order valence-corrected chi connectivity index (χ3v) is 7.57. The van der Waals surface area contributed by atoms with E-state index in [2.05, 4.69) is 28.1 Å². The summed E-state index contributed by atoms with van der Waals surface area (Å²) in [4.78, 5) is 47.2. The first-order chi connectivity index (χ1) is 14.2. The van der Waals surface area contributed by atoms with E-state index in [0.29, 0.717) is 0 Å². The van der Waals surface area contributed by atoms with Gasteiger partial charge in [-0.3, -0.25) is 9.09 Å². The quantitative estimate of drug-likeness (QED) is 0.197. The predicted molar refractivity (Wildman–Crippen MR) is 95.5 cm³/mol. The molecular formula is C10H16N5O13P3. The zero-order chi connectivity index (χ0) is 23.2. The molecule has 18 nitrogen and oxygen atoms in total. The summed E-state index contributed by atoms with van der Waals surface area (Å²) in [5.41, 5.74) is 5.95. The molecule has 3 heterocycles. The zero-order valence-corrected chi connectivity index (χ0v) is 17.6. The van der Waals surface area contributed by atoms with E-state index in [9.17, 15) is 28.8 Å². The molecule has 2 aromatic heterocycles. The van der Waals surface area contributed by atoms with Crippen LogP contribution in [0.25, 0.3) is 11.2 Å². The van der Waals surface area contributed by atoms with E-state index >= 15 is 0 Å². The number of nitrogens with two attached hydrogens (primary N) is 1. The van der Waals surface area contributed by atoms with Gasteiger partial charge in [-0.1, -0.05) is 0 Å². The lowest BCUT2D eigenvalue weighted by Crippen LogP contribution is -2.33. The van der Waals surface area contributed by atoms with Crippen LogP contribution in [0.1, 0.15) is 6.23 Å². The van der Waals surface area contributed by atoms with Crippen molar-refractivity contribution in [3.63, 3.8) is 0 Å². The summed E-state index contributed by atoms with van der Waals surface area (Å²) in [5, 5.41) is 20.4. The topological polar surface area (TPSA) is 279 Å². The number of phosphoric ester groups is 1. The zero-order valence-electron chi connectivity index (χ0n) is 14.9. The van der Waals surface area contributed by atoms with Crippen molar-refractivity contribution in [2.45, 2.75) is 24.5 Å². The highest BCUT2D eigenvalue weighted by Crippen LogP contribution is 2.66. The number of fused-ring (bicyclic) bond motifs is 1. The van der Waals surface area contributed by atoms with Crippen LogP contribution in [0, 0.1) is 0 Å². The largest absolute Gasteiger partial charge is 0.490 e. The molecule has 0 aliphatic carbocycles. The molecular weight excluding hydrogens is 491 g/mol. The molecule has 8 N–H and O–H groups in total. The first-order valence-corrected chi connectivity index (χ1v) is 12.4. The number of ether oxygens (including phenoxy) is 1. The van der Waals surface area contributed by atoms with Crippen LogP contribution in [0.4, 0.5) is 5.95 Å². The van der Waals surface area contributed by atoms with Crippen molar-refractivity contribution in [1.82, 2.24) is 19.5 Å². The van der Waals surface area contributed by atoms with Gasteiger partial charge in [-0.25, -0.2) is 23.7 Å². The number of imidazole rings is 1. The van der Waals surface area contributed by atoms with Crippen LogP contribution in [0.5, 0.6) is 0 Å². The minimum atomic E-state index is -5.70. The molecule has 0 aromatic carbocycles. The number of rotatable bonds is 8. The highest BCUT2D eigenvalue weighted by molar-refractivity contribution is 7.66. The van der Waals surface area contributed by atoms with Crippen molar-refractivity contribution < 1.29 is 61.4 Å². The normalized spacial score (nSPS) is 28.5. The van der Waals surface area contributed by atoms with Crippen LogP contribution in [0.3, 0.4) is 0 Å². The molecule has 3 rings (SSSR count). The second kappa shape index (κ2) is 8.53. The summed E-state index contributed by atoms with van der Waals surface area (Å²) < 4.78 is 51.9. The van der Waals surface area contributed by atoms with Gasteiger partial charge in [-0.15, -0.1) is 0 Å². The molecule has 3 unspecified atom stereocenters. The summed E-state index contributed by atoms with van der Waals surface area (Å²) in [6, 6.07) is 0. The predicted octanol–water partition coefficient (Wildman–Crippen LogP) is -1.63. The molecule has 31 heavy (non-hydrogen) atoms.